The predicted molar refractivity (Wildman–Crippen MR) is 64.1 cm³/mol. The SMILES string of the molecule is Cc1cc(NC(=O)NCCc2ccns2)on1. The topological polar surface area (TPSA) is 80.0 Å². The fourth-order valence-corrected chi connectivity index (χ4v) is 1.82. The van der Waals surface area contributed by atoms with E-state index in [-0.39, 0.29) is 6.03 Å². The third kappa shape index (κ3) is 3.56. The highest BCUT2D eigenvalue weighted by atomic mass is 32.1. The quantitative estimate of drug-likeness (QED) is 0.869. The lowest BCUT2D eigenvalue weighted by Crippen LogP contribution is -2.30. The molecule has 2 aromatic rings. The molecule has 0 atom stereocenters. The van der Waals surface area contributed by atoms with Crippen LogP contribution >= 0.6 is 11.5 Å². The summed E-state index contributed by atoms with van der Waals surface area (Å²) in [6, 6.07) is 3.29. The van der Waals surface area contributed by atoms with Crippen LogP contribution in [0.25, 0.3) is 0 Å². The number of nitrogens with zero attached hydrogens (tertiary/aromatic N) is 2. The van der Waals surface area contributed by atoms with Crippen molar-refractivity contribution in [2.24, 2.45) is 0 Å². The van der Waals surface area contributed by atoms with Crippen molar-refractivity contribution in [3.05, 3.63) is 28.9 Å². The van der Waals surface area contributed by atoms with Gasteiger partial charge in [0.05, 0.1) is 5.69 Å². The van der Waals surface area contributed by atoms with Gasteiger partial charge in [0.15, 0.2) is 0 Å². The summed E-state index contributed by atoms with van der Waals surface area (Å²) >= 11 is 1.43. The van der Waals surface area contributed by atoms with Gasteiger partial charge in [-0.2, -0.15) is 0 Å². The summed E-state index contributed by atoms with van der Waals surface area (Å²) in [5.41, 5.74) is 0.727. The van der Waals surface area contributed by atoms with Crippen LogP contribution in [0, 0.1) is 6.92 Å². The van der Waals surface area contributed by atoms with Gasteiger partial charge in [0.2, 0.25) is 5.88 Å². The maximum atomic E-state index is 11.4. The molecule has 17 heavy (non-hydrogen) atoms. The molecule has 0 aliphatic carbocycles. The molecule has 0 unspecified atom stereocenters. The van der Waals surface area contributed by atoms with Gasteiger partial charge in [-0.3, -0.25) is 5.32 Å². The van der Waals surface area contributed by atoms with Gasteiger partial charge < -0.3 is 9.84 Å². The van der Waals surface area contributed by atoms with E-state index in [4.69, 9.17) is 4.52 Å². The Kier molecular flexibility index (Phi) is 3.71. The van der Waals surface area contributed by atoms with Crippen LogP contribution in [0.3, 0.4) is 0 Å². The Balaban J connectivity index is 1.71. The molecule has 0 aliphatic heterocycles. The molecule has 0 saturated heterocycles. The summed E-state index contributed by atoms with van der Waals surface area (Å²) < 4.78 is 8.84. The van der Waals surface area contributed by atoms with Crippen molar-refractivity contribution in [1.29, 1.82) is 0 Å². The number of rotatable bonds is 4. The van der Waals surface area contributed by atoms with E-state index in [0.29, 0.717) is 12.4 Å². The van der Waals surface area contributed by atoms with E-state index in [1.807, 2.05) is 6.07 Å². The van der Waals surface area contributed by atoms with Crippen molar-refractivity contribution >= 4 is 23.4 Å². The molecule has 7 heteroatoms. The van der Waals surface area contributed by atoms with E-state index >= 15 is 0 Å². The van der Waals surface area contributed by atoms with E-state index in [1.54, 1.807) is 19.2 Å². The Bertz CT molecular complexity index is 480. The van der Waals surface area contributed by atoms with Gasteiger partial charge in [-0.25, -0.2) is 9.17 Å². The standard InChI is InChI=1S/C10H12N4O2S/c1-7-6-9(16-14-7)13-10(15)11-4-2-8-3-5-12-17-8/h3,5-6H,2,4H2,1H3,(H2,11,13,15). The number of carbonyl (C=O) groups excluding carboxylic acids is 1. The molecule has 2 N–H and O–H groups in total. The van der Waals surface area contributed by atoms with Crippen molar-refractivity contribution in [2.45, 2.75) is 13.3 Å². The zero-order valence-electron chi connectivity index (χ0n) is 9.27. The van der Waals surface area contributed by atoms with Gasteiger partial charge in [0, 0.05) is 30.1 Å². The first kappa shape index (κ1) is 11.6. The molecule has 6 nitrogen and oxygen atoms in total. The van der Waals surface area contributed by atoms with Crippen molar-refractivity contribution < 1.29 is 9.32 Å². The molecule has 0 bridgehead atoms. The fourth-order valence-electron chi connectivity index (χ4n) is 1.25. The molecule has 0 radical (unpaired) electrons. The number of amides is 2. The predicted octanol–water partition coefficient (Wildman–Crippen LogP) is 1.80. The Morgan fingerprint density at radius 1 is 1.59 bits per heavy atom. The number of urea groups is 1. The first-order chi connectivity index (χ1) is 8.24. The average Bonchev–Trinajstić information content (AvgIpc) is 2.90. The van der Waals surface area contributed by atoms with Crippen LogP contribution in [0.4, 0.5) is 10.7 Å². The molecule has 2 aromatic heterocycles. The zero-order valence-corrected chi connectivity index (χ0v) is 10.1. The van der Waals surface area contributed by atoms with Gasteiger partial charge in [-0.15, -0.1) is 0 Å². The smallest absolute Gasteiger partial charge is 0.321 e. The summed E-state index contributed by atoms with van der Waals surface area (Å²) in [7, 11) is 0. The Labute approximate surface area is 102 Å². The normalized spacial score (nSPS) is 10.2. The Morgan fingerprint density at radius 2 is 2.47 bits per heavy atom. The van der Waals surface area contributed by atoms with E-state index < -0.39 is 0 Å². The first-order valence-electron chi connectivity index (χ1n) is 5.12. The third-order valence-corrected chi connectivity index (χ3v) is 2.81. The van der Waals surface area contributed by atoms with Gasteiger partial charge in [-0.05, 0) is 24.5 Å². The minimum absolute atomic E-state index is 0.300. The van der Waals surface area contributed by atoms with Crippen molar-refractivity contribution in [3.63, 3.8) is 0 Å². The number of aryl methyl sites for hydroxylation is 1. The maximum absolute atomic E-state index is 11.4. The second kappa shape index (κ2) is 5.44. The van der Waals surface area contributed by atoms with E-state index in [9.17, 15) is 4.79 Å². The highest BCUT2D eigenvalue weighted by Crippen LogP contribution is 2.07. The summed E-state index contributed by atoms with van der Waals surface area (Å²) in [4.78, 5) is 12.6. The number of nitrogens with one attached hydrogen (secondary N) is 2. The maximum Gasteiger partial charge on any atom is 0.321 e. The van der Waals surface area contributed by atoms with Gasteiger partial charge in [-0.1, -0.05) is 5.16 Å². The van der Waals surface area contributed by atoms with Crippen molar-refractivity contribution in [2.75, 3.05) is 11.9 Å². The lowest BCUT2D eigenvalue weighted by molar-refractivity contribution is 0.251. The van der Waals surface area contributed by atoms with Crippen molar-refractivity contribution in [3.8, 4) is 0 Å². The molecule has 2 heterocycles. The summed E-state index contributed by atoms with van der Waals surface area (Å²) in [5.74, 6) is 0.345. The molecule has 90 valence electrons. The molecule has 0 saturated carbocycles. The van der Waals surface area contributed by atoms with E-state index in [2.05, 4.69) is 20.2 Å². The number of anilines is 1. The lowest BCUT2D eigenvalue weighted by atomic mass is 10.3. The van der Waals surface area contributed by atoms with Gasteiger partial charge in [0.25, 0.3) is 0 Å². The zero-order chi connectivity index (χ0) is 12.1. The molecular formula is C10H12N4O2S. The number of hydrogen-bond acceptors (Lipinski definition) is 5. The Morgan fingerprint density at radius 3 is 3.12 bits per heavy atom. The minimum atomic E-state index is -0.300. The van der Waals surface area contributed by atoms with Crippen LogP contribution in [0.2, 0.25) is 0 Å². The largest absolute Gasteiger partial charge is 0.338 e. The monoisotopic (exact) mass is 252 g/mol. The van der Waals surface area contributed by atoms with Crippen LogP contribution in [0.5, 0.6) is 0 Å². The summed E-state index contributed by atoms with van der Waals surface area (Å²) in [6.07, 6.45) is 2.52. The summed E-state index contributed by atoms with van der Waals surface area (Å²) in [5, 5.41) is 8.94. The average molecular weight is 252 g/mol. The second-order valence-corrected chi connectivity index (χ2v) is 4.36. The molecule has 2 rings (SSSR count). The minimum Gasteiger partial charge on any atom is -0.338 e. The third-order valence-electron chi connectivity index (χ3n) is 2.01. The van der Waals surface area contributed by atoms with Crippen LogP contribution in [0.15, 0.2) is 22.9 Å². The first-order valence-corrected chi connectivity index (χ1v) is 5.89. The summed E-state index contributed by atoms with van der Waals surface area (Å²) in [6.45, 7) is 2.34. The van der Waals surface area contributed by atoms with Crippen molar-refractivity contribution in [1.82, 2.24) is 14.8 Å². The number of aromatic nitrogens is 2. The van der Waals surface area contributed by atoms with Crippen LogP contribution in [-0.4, -0.2) is 22.1 Å². The lowest BCUT2D eigenvalue weighted by Gasteiger charge is -2.03. The molecule has 0 aliphatic rings. The number of hydrogen-bond donors (Lipinski definition) is 2. The van der Waals surface area contributed by atoms with Crippen LogP contribution in [-0.2, 0) is 6.42 Å². The van der Waals surface area contributed by atoms with E-state index in [0.717, 1.165) is 17.0 Å². The Hall–Kier alpha value is -1.89. The molecule has 0 spiro atoms. The van der Waals surface area contributed by atoms with E-state index in [1.165, 1.54) is 11.5 Å². The number of carbonyl (C=O) groups is 1. The molecular weight excluding hydrogens is 240 g/mol. The second-order valence-electron chi connectivity index (χ2n) is 3.44. The highest BCUT2D eigenvalue weighted by molar-refractivity contribution is 7.05. The molecule has 2 amide bonds. The van der Waals surface area contributed by atoms with Gasteiger partial charge >= 0.3 is 6.03 Å². The van der Waals surface area contributed by atoms with Gasteiger partial charge in [0.1, 0.15) is 0 Å². The molecule has 0 fully saturated rings. The van der Waals surface area contributed by atoms with Crippen LogP contribution in [0.1, 0.15) is 10.6 Å². The highest BCUT2D eigenvalue weighted by Gasteiger charge is 2.05. The van der Waals surface area contributed by atoms with Crippen LogP contribution < -0.4 is 10.6 Å². The fraction of sp³-hybridized carbons (Fsp3) is 0.300. The molecule has 0 aromatic carbocycles.